The van der Waals surface area contributed by atoms with Crippen molar-refractivity contribution < 1.29 is 33.2 Å². The molecule has 2 saturated heterocycles. The number of ether oxygens (including phenoxy) is 2. The monoisotopic (exact) mass is 601 g/mol. The maximum atomic E-state index is 13.0. The molecule has 4 heterocycles. The average molecular weight is 602 g/mol. The number of benzene rings is 1. The van der Waals surface area contributed by atoms with Crippen LogP contribution < -0.4 is 15.4 Å². The molecule has 12 nitrogen and oxygen atoms in total. The molecule has 0 spiro atoms. The Morgan fingerprint density at radius 3 is 2.52 bits per heavy atom. The Labute approximate surface area is 254 Å². The van der Waals surface area contributed by atoms with E-state index in [-0.39, 0.29) is 48.3 Å². The smallest absolute Gasteiger partial charge is 0.306 e. The topological polar surface area (TPSA) is 153 Å². The first-order valence-electron chi connectivity index (χ1n) is 15.0. The highest BCUT2D eigenvalue weighted by molar-refractivity contribution is 5.93. The molecule has 1 saturated carbocycles. The molecule has 44 heavy (non-hydrogen) atoms. The highest BCUT2D eigenvalue weighted by Crippen LogP contribution is 2.40. The quantitative estimate of drug-likeness (QED) is 0.334. The Balaban J connectivity index is 1.09. The minimum atomic E-state index is -0.553. The molecule has 1 aromatic carbocycles. The number of nitrogens with one attached hydrogen (secondary N) is 2. The Kier molecular flexibility index (Phi) is 8.58. The zero-order valence-corrected chi connectivity index (χ0v) is 24.4. The molecule has 3 fully saturated rings. The number of aromatic nitrogens is 2. The zero-order chi connectivity index (χ0) is 30.6. The van der Waals surface area contributed by atoms with E-state index >= 15 is 0 Å². The molecule has 0 radical (unpaired) electrons. The van der Waals surface area contributed by atoms with E-state index in [4.69, 9.17) is 14.0 Å². The van der Waals surface area contributed by atoms with Gasteiger partial charge in [0, 0.05) is 25.2 Å². The standard InChI is InChI=1S/C32H35N5O7/c1-19(35-31(40)27-12-13-34-44-27)29(22-8-6-21(7-9-22)20-4-5-20)43-25-10-11-26(33-16-25)30(39)36-24-3-2-14-37(17-24)32(41)23-15-28(38)42-18-23/h6-13,16,19-20,23-24,29H,2-5,14-15,17-18H2,1H3,(H,35,40)(H,36,39)/t19?,23-,24+,29?/m1/s1. The van der Waals surface area contributed by atoms with E-state index in [9.17, 15) is 19.2 Å². The van der Waals surface area contributed by atoms with Crippen LogP contribution in [0.1, 0.15) is 83.2 Å². The van der Waals surface area contributed by atoms with Crippen molar-refractivity contribution in [2.24, 2.45) is 5.92 Å². The van der Waals surface area contributed by atoms with E-state index in [1.165, 1.54) is 36.9 Å². The van der Waals surface area contributed by atoms with Crippen LogP contribution in [0, 0.1) is 5.92 Å². The number of rotatable bonds is 10. The summed E-state index contributed by atoms with van der Waals surface area (Å²) in [7, 11) is 0. The van der Waals surface area contributed by atoms with Gasteiger partial charge >= 0.3 is 5.97 Å². The summed E-state index contributed by atoms with van der Waals surface area (Å²) in [4.78, 5) is 56.0. The van der Waals surface area contributed by atoms with Crippen LogP contribution >= 0.6 is 0 Å². The lowest BCUT2D eigenvalue weighted by atomic mass is 10.00. The minimum Gasteiger partial charge on any atom is -0.482 e. The van der Waals surface area contributed by atoms with Crippen molar-refractivity contribution in [2.45, 2.75) is 63.1 Å². The lowest BCUT2D eigenvalue weighted by Gasteiger charge is -2.34. The third-order valence-corrected chi connectivity index (χ3v) is 8.30. The van der Waals surface area contributed by atoms with E-state index in [0.29, 0.717) is 24.8 Å². The van der Waals surface area contributed by atoms with Gasteiger partial charge in [-0.3, -0.25) is 19.2 Å². The van der Waals surface area contributed by atoms with Crippen LogP contribution in [-0.4, -0.2) is 70.5 Å². The van der Waals surface area contributed by atoms with E-state index < -0.39 is 24.0 Å². The molecule has 2 aliphatic heterocycles. The van der Waals surface area contributed by atoms with Crippen molar-refractivity contribution in [3.63, 3.8) is 0 Å². The van der Waals surface area contributed by atoms with Crippen molar-refractivity contribution >= 4 is 23.7 Å². The summed E-state index contributed by atoms with van der Waals surface area (Å²) in [6.07, 6.45) is 6.31. The predicted octanol–water partition coefficient (Wildman–Crippen LogP) is 3.17. The molecule has 1 aliphatic carbocycles. The van der Waals surface area contributed by atoms with Gasteiger partial charge < -0.3 is 29.5 Å². The summed E-state index contributed by atoms with van der Waals surface area (Å²) in [5, 5.41) is 9.51. The van der Waals surface area contributed by atoms with Gasteiger partial charge in [-0.1, -0.05) is 29.4 Å². The first-order chi connectivity index (χ1) is 21.3. The second-order valence-corrected chi connectivity index (χ2v) is 11.7. The van der Waals surface area contributed by atoms with Crippen LogP contribution in [0.3, 0.4) is 0 Å². The highest BCUT2D eigenvalue weighted by atomic mass is 16.5. The molecule has 3 amide bonds. The van der Waals surface area contributed by atoms with Crippen molar-refractivity contribution in [1.82, 2.24) is 25.7 Å². The Bertz CT molecular complexity index is 1490. The summed E-state index contributed by atoms with van der Waals surface area (Å²) in [6, 6.07) is 12.3. The number of esters is 1. The van der Waals surface area contributed by atoms with Crippen LogP contribution in [0.15, 0.2) is 59.4 Å². The minimum absolute atomic E-state index is 0.101. The fourth-order valence-corrected chi connectivity index (χ4v) is 5.73. The molecule has 3 aliphatic rings. The van der Waals surface area contributed by atoms with Crippen LogP contribution in [0.4, 0.5) is 0 Å². The molecule has 2 aromatic heterocycles. The van der Waals surface area contributed by atoms with Gasteiger partial charge in [-0.25, -0.2) is 4.98 Å². The average Bonchev–Trinajstić information content (AvgIpc) is 3.55. The van der Waals surface area contributed by atoms with Crippen LogP contribution in [0.2, 0.25) is 0 Å². The third-order valence-electron chi connectivity index (χ3n) is 8.30. The van der Waals surface area contributed by atoms with Gasteiger partial charge in [0.25, 0.3) is 11.8 Å². The number of carbonyl (C=O) groups excluding carboxylic acids is 4. The molecular formula is C32H35N5O7. The molecule has 0 bridgehead atoms. The molecular weight excluding hydrogens is 566 g/mol. The molecule has 3 aromatic rings. The van der Waals surface area contributed by atoms with Gasteiger partial charge in [-0.05, 0) is 61.8 Å². The Morgan fingerprint density at radius 2 is 1.86 bits per heavy atom. The first kappa shape index (κ1) is 29.3. The lowest BCUT2D eigenvalue weighted by Crippen LogP contribution is -2.51. The summed E-state index contributed by atoms with van der Waals surface area (Å²) < 4.78 is 16.3. The van der Waals surface area contributed by atoms with Crippen molar-refractivity contribution in [2.75, 3.05) is 19.7 Å². The highest BCUT2D eigenvalue weighted by Gasteiger charge is 2.35. The normalized spacial score (nSPS) is 21.2. The van der Waals surface area contributed by atoms with Crippen LogP contribution in [0.25, 0.3) is 0 Å². The van der Waals surface area contributed by atoms with Gasteiger partial charge in [-0.2, -0.15) is 0 Å². The zero-order valence-electron chi connectivity index (χ0n) is 24.4. The number of pyridine rings is 1. The predicted molar refractivity (Wildman–Crippen MR) is 156 cm³/mol. The molecule has 230 valence electrons. The summed E-state index contributed by atoms with van der Waals surface area (Å²) in [5.74, 6) is -0.536. The number of piperidine rings is 1. The van der Waals surface area contributed by atoms with Crippen molar-refractivity contribution in [1.29, 1.82) is 0 Å². The van der Waals surface area contributed by atoms with Crippen molar-refractivity contribution in [3.05, 3.63) is 77.4 Å². The summed E-state index contributed by atoms with van der Waals surface area (Å²) in [5.41, 5.74) is 2.38. The summed E-state index contributed by atoms with van der Waals surface area (Å²) in [6.45, 7) is 2.92. The maximum Gasteiger partial charge on any atom is 0.306 e. The number of cyclic esters (lactones) is 1. The number of nitrogens with zero attached hydrogens (tertiary/aromatic N) is 3. The third kappa shape index (κ3) is 6.90. The van der Waals surface area contributed by atoms with Gasteiger partial charge in [-0.15, -0.1) is 0 Å². The second-order valence-electron chi connectivity index (χ2n) is 11.7. The Hall–Kier alpha value is -4.74. The molecule has 2 N–H and O–H groups in total. The number of amides is 3. The maximum absolute atomic E-state index is 13.0. The van der Waals surface area contributed by atoms with Gasteiger partial charge in [0.1, 0.15) is 24.2 Å². The fourth-order valence-electron chi connectivity index (χ4n) is 5.73. The number of likely N-dealkylation sites (tertiary alicyclic amines) is 1. The molecule has 12 heteroatoms. The lowest BCUT2D eigenvalue weighted by molar-refractivity contribution is -0.138. The molecule has 6 rings (SSSR count). The molecule has 2 unspecified atom stereocenters. The SMILES string of the molecule is CC(NC(=O)c1ccno1)C(Oc1ccc(C(=O)N[C@H]2CCCN(C(=O)[C@H]3COC(=O)C3)C2)nc1)c1ccc(C2CC2)cc1. The van der Waals surface area contributed by atoms with E-state index in [0.717, 1.165) is 18.4 Å². The fraction of sp³-hybridized carbons (Fsp3) is 0.438. The molecule has 4 atom stereocenters. The van der Waals surface area contributed by atoms with Gasteiger partial charge in [0.2, 0.25) is 11.7 Å². The Morgan fingerprint density at radius 1 is 1.05 bits per heavy atom. The van der Waals surface area contributed by atoms with Gasteiger partial charge in [0.05, 0.1) is 30.8 Å². The van der Waals surface area contributed by atoms with Crippen LogP contribution in [0.5, 0.6) is 5.75 Å². The van der Waals surface area contributed by atoms with E-state index in [1.54, 1.807) is 17.0 Å². The van der Waals surface area contributed by atoms with Crippen molar-refractivity contribution in [3.8, 4) is 5.75 Å². The number of hydrogen-bond acceptors (Lipinski definition) is 9. The summed E-state index contributed by atoms with van der Waals surface area (Å²) >= 11 is 0. The first-order valence-corrected chi connectivity index (χ1v) is 15.0. The van der Waals surface area contributed by atoms with E-state index in [2.05, 4.69) is 32.9 Å². The largest absolute Gasteiger partial charge is 0.482 e. The number of hydrogen-bond donors (Lipinski definition) is 2. The van der Waals surface area contributed by atoms with Gasteiger partial charge in [0.15, 0.2) is 0 Å². The van der Waals surface area contributed by atoms with Crippen LogP contribution in [-0.2, 0) is 14.3 Å². The van der Waals surface area contributed by atoms with E-state index in [1.807, 2.05) is 19.1 Å². The second kappa shape index (κ2) is 12.9. The number of carbonyl (C=O) groups is 4.